The highest BCUT2D eigenvalue weighted by Gasteiger charge is 2.23. The molecular formula is C70H122O4. The third-order valence-electron chi connectivity index (χ3n) is 16.0. The van der Waals surface area contributed by atoms with Crippen LogP contribution in [0.15, 0.2) is 36.4 Å². The SMILES string of the molecule is CCCCCCCCCCCCCCOc1cccc2c(OCCCCCCCCCCCCCC)c3c(OCCCCCCCCCCCCCC)cccc3c(OCCCCCCCCCCCCCC)c12. The Morgan fingerprint density at radius 2 is 0.405 bits per heavy atom. The molecule has 0 saturated carbocycles. The van der Waals surface area contributed by atoms with Crippen molar-refractivity contribution in [2.45, 2.75) is 336 Å². The zero-order chi connectivity index (χ0) is 52.5. The molecule has 0 aliphatic carbocycles. The van der Waals surface area contributed by atoms with Gasteiger partial charge in [0.05, 0.1) is 37.2 Å². The van der Waals surface area contributed by atoms with Crippen LogP contribution in [0.25, 0.3) is 21.5 Å². The van der Waals surface area contributed by atoms with Crippen molar-refractivity contribution in [2.24, 2.45) is 0 Å². The summed E-state index contributed by atoms with van der Waals surface area (Å²) >= 11 is 0. The summed E-state index contributed by atoms with van der Waals surface area (Å²) < 4.78 is 27.7. The number of unbranched alkanes of at least 4 members (excludes halogenated alkanes) is 44. The molecule has 0 spiro atoms. The summed E-state index contributed by atoms with van der Waals surface area (Å²) in [7, 11) is 0. The van der Waals surface area contributed by atoms with Crippen molar-refractivity contribution in [3.05, 3.63) is 36.4 Å². The van der Waals surface area contributed by atoms with Gasteiger partial charge in [-0.05, 0) is 37.8 Å². The molecular weight excluding hydrogens is 905 g/mol. The molecule has 74 heavy (non-hydrogen) atoms. The van der Waals surface area contributed by atoms with Gasteiger partial charge in [0.25, 0.3) is 0 Å². The molecule has 426 valence electrons. The molecule has 0 bridgehead atoms. The average Bonchev–Trinajstić information content (AvgIpc) is 3.42. The van der Waals surface area contributed by atoms with Crippen molar-refractivity contribution in [3.63, 3.8) is 0 Å². The van der Waals surface area contributed by atoms with Crippen LogP contribution in [0.4, 0.5) is 0 Å². The van der Waals surface area contributed by atoms with Gasteiger partial charge in [0, 0.05) is 10.8 Å². The van der Waals surface area contributed by atoms with Crippen LogP contribution in [0.1, 0.15) is 336 Å². The fourth-order valence-corrected chi connectivity index (χ4v) is 11.2. The summed E-state index contributed by atoms with van der Waals surface area (Å²) in [5, 5.41) is 4.32. The number of hydrogen-bond acceptors (Lipinski definition) is 4. The summed E-state index contributed by atoms with van der Waals surface area (Å²) in [5.74, 6) is 3.74. The normalized spacial score (nSPS) is 11.6. The lowest BCUT2D eigenvalue weighted by Crippen LogP contribution is -2.06. The standard InChI is InChI=1S/C70H122O4/c1-5-9-13-17-21-25-29-33-37-41-45-49-59-71-65-57-53-55-63-67(65)69(73-61-51-47-43-39-35-31-27-23-19-15-11-7-3)64-56-54-58-66(72-60-50-46-42-38-34-30-26-22-18-14-10-6-2)68(64)70(63)74-62-52-48-44-40-36-32-28-24-20-16-12-8-4/h53-58H,5-52,59-62H2,1-4H3. The first-order valence-corrected chi connectivity index (χ1v) is 33.3. The van der Waals surface area contributed by atoms with Crippen molar-refractivity contribution in [2.75, 3.05) is 26.4 Å². The Hall–Kier alpha value is -2.62. The van der Waals surface area contributed by atoms with Gasteiger partial charge in [0.15, 0.2) is 0 Å². The third kappa shape index (κ3) is 31.6. The maximum atomic E-state index is 7.05. The van der Waals surface area contributed by atoms with Crippen LogP contribution < -0.4 is 18.9 Å². The molecule has 0 aromatic heterocycles. The molecule has 0 aliphatic rings. The van der Waals surface area contributed by atoms with Gasteiger partial charge in [-0.15, -0.1) is 0 Å². The van der Waals surface area contributed by atoms with Crippen molar-refractivity contribution in [1.82, 2.24) is 0 Å². The van der Waals surface area contributed by atoms with Gasteiger partial charge in [-0.2, -0.15) is 0 Å². The quantitative estimate of drug-likeness (QED) is 0.0417. The maximum Gasteiger partial charge on any atom is 0.139 e. The van der Waals surface area contributed by atoms with E-state index in [1.54, 1.807) is 0 Å². The van der Waals surface area contributed by atoms with E-state index < -0.39 is 0 Å². The van der Waals surface area contributed by atoms with Crippen LogP contribution in [0, 0.1) is 0 Å². The monoisotopic (exact) mass is 1030 g/mol. The van der Waals surface area contributed by atoms with Gasteiger partial charge >= 0.3 is 0 Å². The summed E-state index contributed by atoms with van der Waals surface area (Å²) in [5.41, 5.74) is 0. The summed E-state index contributed by atoms with van der Waals surface area (Å²) in [6, 6.07) is 13.2. The average molecular weight is 1030 g/mol. The highest BCUT2D eigenvalue weighted by Crippen LogP contribution is 2.49. The van der Waals surface area contributed by atoms with E-state index in [9.17, 15) is 0 Å². The van der Waals surface area contributed by atoms with E-state index in [1.807, 2.05) is 0 Å². The second-order valence-corrected chi connectivity index (χ2v) is 23.0. The molecule has 0 unspecified atom stereocenters. The molecule has 0 atom stereocenters. The van der Waals surface area contributed by atoms with Crippen molar-refractivity contribution in [1.29, 1.82) is 0 Å². The van der Waals surface area contributed by atoms with Crippen LogP contribution in [-0.4, -0.2) is 26.4 Å². The van der Waals surface area contributed by atoms with E-state index in [2.05, 4.69) is 64.1 Å². The van der Waals surface area contributed by atoms with E-state index in [-0.39, 0.29) is 0 Å². The molecule has 3 rings (SSSR count). The van der Waals surface area contributed by atoms with Crippen LogP contribution in [0.5, 0.6) is 23.0 Å². The summed E-state index contributed by atoms with van der Waals surface area (Å²) in [4.78, 5) is 0. The molecule has 0 amide bonds. The van der Waals surface area contributed by atoms with Crippen molar-refractivity contribution >= 4 is 21.5 Å². The maximum absolute atomic E-state index is 7.05. The zero-order valence-corrected chi connectivity index (χ0v) is 49.9. The van der Waals surface area contributed by atoms with E-state index in [0.717, 1.165) is 83.4 Å². The number of fused-ring (bicyclic) bond motifs is 2. The predicted octanol–water partition coefficient (Wildman–Crippen LogP) is 24.3. The number of ether oxygens (including phenoxy) is 4. The number of hydrogen-bond donors (Lipinski definition) is 0. The minimum Gasteiger partial charge on any atom is -0.493 e. The van der Waals surface area contributed by atoms with E-state index in [1.165, 1.54) is 283 Å². The largest absolute Gasteiger partial charge is 0.493 e. The molecule has 0 fully saturated rings. The minimum atomic E-state index is 0.706. The first-order chi connectivity index (χ1) is 36.8. The van der Waals surface area contributed by atoms with Crippen LogP contribution >= 0.6 is 0 Å². The highest BCUT2D eigenvalue weighted by atomic mass is 16.5. The molecule has 0 heterocycles. The Kier molecular flexibility index (Phi) is 43.2. The smallest absolute Gasteiger partial charge is 0.139 e. The lowest BCUT2D eigenvalue weighted by atomic mass is 9.98. The molecule has 4 nitrogen and oxygen atoms in total. The Morgan fingerprint density at radius 3 is 0.622 bits per heavy atom. The van der Waals surface area contributed by atoms with Crippen LogP contribution in [0.3, 0.4) is 0 Å². The fourth-order valence-electron chi connectivity index (χ4n) is 11.2. The molecule has 0 N–H and O–H groups in total. The van der Waals surface area contributed by atoms with Gasteiger partial charge in [-0.3, -0.25) is 0 Å². The molecule has 0 aliphatic heterocycles. The molecule has 4 heteroatoms. The summed E-state index contributed by atoms with van der Waals surface area (Å²) in [6.45, 7) is 12.1. The van der Waals surface area contributed by atoms with E-state index >= 15 is 0 Å². The molecule has 0 saturated heterocycles. The van der Waals surface area contributed by atoms with Crippen LogP contribution in [-0.2, 0) is 0 Å². The Bertz CT molecular complexity index is 1560. The first-order valence-electron chi connectivity index (χ1n) is 33.3. The lowest BCUT2D eigenvalue weighted by molar-refractivity contribution is 0.293. The number of benzene rings is 3. The first kappa shape index (κ1) is 65.7. The fraction of sp³-hybridized carbons (Fsp3) is 0.800. The second-order valence-electron chi connectivity index (χ2n) is 23.0. The van der Waals surface area contributed by atoms with E-state index in [4.69, 9.17) is 18.9 Å². The van der Waals surface area contributed by atoms with Gasteiger partial charge in [-0.1, -0.05) is 334 Å². The Morgan fingerprint density at radius 1 is 0.216 bits per heavy atom. The predicted molar refractivity (Wildman–Crippen MR) is 328 cm³/mol. The minimum absolute atomic E-state index is 0.706. The van der Waals surface area contributed by atoms with Gasteiger partial charge in [0.2, 0.25) is 0 Å². The third-order valence-corrected chi connectivity index (χ3v) is 16.0. The number of rotatable bonds is 56. The topological polar surface area (TPSA) is 36.9 Å². The second kappa shape index (κ2) is 48.7. The lowest BCUT2D eigenvalue weighted by Gasteiger charge is -2.22. The van der Waals surface area contributed by atoms with Crippen molar-refractivity contribution in [3.8, 4) is 23.0 Å². The molecule has 3 aromatic carbocycles. The Labute approximate surface area is 460 Å². The summed E-state index contributed by atoms with van der Waals surface area (Å²) in [6.07, 6.45) is 64.3. The van der Waals surface area contributed by atoms with Gasteiger partial charge < -0.3 is 18.9 Å². The van der Waals surface area contributed by atoms with Gasteiger partial charge in [0.1, 0.15) is 23.0 Å². The van der Waals surface area contributed by atoms with Crippen molar-refractivity contribution < 1.29 is 18.9 Å². The Balaban J connectivity index is 1.73. The molecule has 0 radical (unpaired) electrons. The van der Waals surface area contributed by atoms with E-state index in [0.29, 0.717) is 13.2 Å². The highest BCUT2D eigenvalue weighted by molar-refractivity contribution is 6.15. The van der Waals surface area contributed by atoms with Gasteiger partial charge in [-0.25, -0.2) is 0 Å². The molecule has 3 aromatic rings. The zero-order valence-electron chi connectivity index (χ0n) is 49.9. The van der Waals surface area contributed by atoms with Crippen LogP contribution in [0.2, 0.25) is 0 Å².